The van der Waals surface area contributed by atoms with Crippen LogP contribution in [0.2, 0.25) is 0 Å². The van der Waals surface area contributed by atoms with Gasteiger partial charge in [-0.2, -0.15) is 5.10 Å². The van der Waals surface area contributed by atoms with Crippen LogP contribution in [0.3, 0.4) is 0 Å². The Kier molecular flexibility index (Phi) is 2.33. The van der Waals surface area contributed by atoms with Gasteiger partial charge in [0.05, 0.1) is 6.20 Å². The van der Waals surface area contributed by atoms with Gasteiger partial charge in [-0.05, 0) is 13.3 Å². The lowest BCUT2D eigenvalue weighted by molar-refractivity contribution is 0.105. The molecular weight excluding hydrogens is 166 g/mol. The van der Waals surface area contributed by atoms with E-state index in [0.29, 0.717) is 0 Å². The van der Waals surface area contributed by atoms with Crippen LogP contribution in [0.5, 0.6) is 0 Å². The van der Waals surface area contributed by atoms with E-state index in [9.17, 15) is 0 Å². The van der Waals surface area contributed by atoms with Crippen molar-refractivity contribution in [2.75, 3.05) is 6.61 Å². The van der Waals surface area contributed by atoms with Crippen molar-refractivity contribution in [3.63, 3.8) is 0 Å². The highest BCUT2D eigenvalue weighted by molar-refractivity contribution is 5.12. The molecule has 4 nitrogen and oxygen atoms in total. The van der Waals surface area contributed by atoms with Gasteiger partial charge in [-0.1, -0.05) is 0 Å². The number of nitrogens with zero attached hydrogens (tertiary/aromatic N) is 2. The fourth-order valence-corrected chi connectivity index (χ4v) is 1.65. The van der Waals surface area contributed by atoms with Gasteiger partial charge in [0.25, 0.3) is 0 Å². The SMILES string of the molecule is CCn1cc([C@@H]2OCC[C@@H]2N)cn1. The molecule has 1 aromatic rings. The van der Waals surface area contributed by atoms with Gasteiger partial charge in [-0.3, -0.25) is 4.68 Å². The molecule has 72 valence electrons. The smallest absolute Gasteiger partial charge is 0.101 e. The molecule has 1 aliphatic rings. The highest BCUT2D eigenvalue weighted by atomic mass is 16.5. The molecule has 0 aliphatic carbocycles. The average Bonchev–Trinajstić information content (AvgIpc) is 2.71. The van der Waals surface area contributed by atoms with Gasteiger partial charge < -0.3 is 10.5 Å². The van der Waals surface area contributed by atoms with Crippen LogP contribution in [0.25, 0.3) is 0 Å². The van der Waals surface area contributed by atoms with E-state index in [-0.39, 0.29) is 12.1 Å². The molecule has 13 heavy (non-hydrogen) atoms. The van der Waals surface area contributed by atoms with E-state index in [0.717, 1.165) is 25.1 Å². The summed E-state index contributed by atoms with van der Waals surface area (Å²) in [4.78, 5) is 0. The second kappa shape index (κ2) is 3.47. The highest BCUT2D eigenvalue weighted by Crippen LogP contribution is 2.26. The van der Waals surface area contributed by atoms with Crippen molar-refractivity contribution in [1.29, 1.82) is 0 Å². The Bertz CT molecular complexity index is 284. The van der Waals surface area contributed by atoms with Crippen molar-refractivity contribution >= 4 is 0 Å². The second-order valence-electron chi connectivity index (χ2n) is 3.37. The van der Waals surface area contributed by atoms with Crippen LogP contribution in [0, 0.1) is 0 Å². The second-order valence-corrected chi connectivity index (χ2v) is 3.37. The predicted molar refractivity (Wildman–Crippen MR) is 49.2 cm³/mol. The molecule has 0 amide bonds. The largest absolute Gasteiger partial charge is 0.372 e. The summed E-state index contributed by atoms with van der Waals surface area (Å²) in [6.07, 6.45) is 4.86. The van der Waals surface area contributed by atoms with Crippen LogP contribution in [0.1, 0.15) is 25.0 Å². The van der Waals surface area contributed by atoms with Gasteiger partial charge in [0.15, 0.2) is 0 Å². The third-order valence-electron chi connectivity index (χ3n) is 2.44. The molecular formula is C9H15N3O. The first-order chi connectivity index (χ1) is 6.31. The number of rotatable bonds is 2. The third kappa shape index (κ3) is 1.59. The Morgan fingerprint density at radius 1 is 1.77 bits per heavy atom. The van der Waals surface area contributed by atoms with Crippen LogP contribution in [-0.4, -0.2) is 22.4 Å². The number of aryl methyl sites for hydroxylation is 1. The van der Waals surface area contributed by atoms with Crippen molar-refractivity contribution in [2.24, 2.45) is 5.73 Å². The van der Waals surface area contributed by atoms with Crippen LogP contribution < -0.4 is 5.73 Å². The van der Waals surface area contributed by atoms with Crippen molar-refractivity contribution < 1.29 is 4.74 Å². The molecule has 2 rings (SSSR count). The molecule has 4 heteroatoms. The number of aromatic nitrogens is 2. The fraction of sp³-hybridized carbons (Fsp3) is 0.667. The molecule has 1 aliphatic heterocycles. The van der Waals surface area contributed by atoms with Crippen LogP contribution in [-0.2, 0) is 11.3 Å². The quantitative estimate of drug-likeness (QED) is 0.730. The van der Waals surface area contributed by atoms with Crippen molar-refractivity contribution in [3.8, 4) is 0 Å². The maximum absolute atomic E-state index is 5.90. The van der Waals surface area contributed by atoms with Crippen LogP contribution >= 0.6 is 0 Å². The van der Waals surface area contributed by atoms with Crippen molar-refractivity contribution in [1.82, 2.24) is 9.78 Å². The van der Waals surface area contributed by atoms with Crippen LogP contribution in [0.15, 0.2) is 12.4 Å². The monoisotopic (exact) mass is 181 g/mol. The van der Waals surface area contributed by atoms with Gasteiger partial charge in [0, 0.05) is 31.0 Å². The van der Waals surface area contributed by atoms with E-state index in [2.05, 4.69) is 12.0 Å². The summed E-state index contributed by atoms with van der Waals surface area (Å²) in [6.45, 7) is 3.72. The summed E-state index contributed by atoms with van der Waals surface area (Å²) in [6, 6.07) is 0.134. The topological polar surface area (TPSA) is 53.1 Å². The lowest BCUT2D eigenvalue weighted by atomic mass is 10.1. The van der Waals surface area contributed by atoms with Crippen molar-refractivity contribution in [3.05, 3.63) is 18.0 Å². The molecule has 0 unspecified atom stereocenters. The third-order valence-corrected chi connectivity index (χ3v) is 2.44. The number of hydrogen-bond donors (Lipinski definition) is 1. The summed E-state index contributed by atoms with van der Waals surface area (Å²) in [5, 5.41) is 4.19. The van der Waals surface area contributed by atoms with Crippen molar-refractivity contribution in [2.45, 2.75) is 32.0 Å². The average molecular weight is 181 g/mol. The zero-order valence-corrected chi connectivity index (χ0v) is 7.81. The lowest BCUT2D eigenvalue weighted by Gasteiger charge is -2.11. The predicted octanol–water partition coefficient (Wildman–Crippen LogP) is 0.692. The number of ether oxygens (including phenoxy) is 1. The molecule has 0 spiro atoms. The molecule has 1 fully saturated rings. The Morgan fingerprint density at radius 3 is 3.15 bits per heavy atom. The minimum Gasteiger partial charge on any atom is -0.372 e. The summed E-state index contributed by atoms with van der Waals surface area (Å²) < 4.78 is 7.42. The standard InChI is InChI=1S/C9H15N3O/c1-2-12-6-7(5-11-12)9-8(10)3-4-13-9/h5-6,8-9H,2-4,10H2,1H3/t8-,9-/m0/s1. The molecule has 1 aromatic heterocycles. The number of hydrogen-bond acceptors (Lipinski definition) is 3. The Balaban J connectivity index is 2.15. The Morgan fingerprint density at radius 2 is 2.62 bits per heavy atom. The summed E-state index contributed by atoms with van der Waals surface area (Å²) in [5.41, 5.74) is 7.00. The van der Waals surface area contributed by atoms with Crippen LogP contribution in [0.4, 0.5) is 0 Å². The maximum Gasteiger partial charge on any atom is 0.101 e. The maximum atomic E-state index is 5.90. The summed E-state index contributed by atoms with van der Waals surface area (Å²) in [5.74, 6) is 0. The van der Waals surface area contributed by atoms with Gasteiger partial charge >= 0.3 is 0 Å². The molecule has 0 saturated carbocycles. The van der Waals surface area contributed by atoms with Gasteiger partial charge in [-0.25, -0.2) is 0 Å². The van der Waals surface area contributed by atoms with E-state index < -0.39 is 0 Å². The molecule has 2 heterocycles. The summed E-state index contributed by atoms with van der Waals surface area (Å²) >= 11 is 0. The van der Waals surface area contributed by atoms with Gasteiger partial charge in [0.1, 0.15) is 6.10 Å². The molecule has 0 radical (unpaired) electrons. The lowest BCUT2D eigenvalue weighted by Crippen LogP contribution is -2.23. The zero-order chi connectivity index (χ0) is 9.26. The Hall–Kier alpha value is -0.870. The van der Waals surface area contributed by atoms with Gasteiger partial charge in [-0.15, -0.1) is 0 Å². The van der Waals surface area contributed by atoms with E-state index >= 15 is 0 Å². The zero-order valence-electron chi connectivity index (χ0n) is 7.81. The molecule has 2 atom stereocenters. The van der Waals surface area contributed by atoms with E-state index in [1.807, 2.05) is 17.1 Å². The molecule has 0 aromatic carbocycles. The first-order valence-electron chi connectivity index (χ1n) is 4.71. The Labute approximate surface area is 77.7 Å². The normalized spacial score (nSPS) is 28.2. The van der Waals surface area contributed by atoms with Gasteiger partial charge in [0.2, 0.25) is 0 Å². The van der Waals surface area contributed by atoms with E-state index in [4.69, 9.17) is 10.5 Å². The summed E-state index contributed by atoms with van der Waals surface area (Å²) in [7, 11) is 0. The first kappa shape index (κ1) is 8.72. The molecule has 2 N–H and O–H groups in total. The molecule has 1 saturated heterocycles. The number of nitrogens with two attached hydrogens (primary N) is 1. The highest BCUT2D eigenvalue weighted by Gasteiger charge is 2.27. The minimum atomic E-state index is 0.0558. The minimum absolute atomic E-state index is 0.0558. The molecule has 0 bridgehead atoms. The van der Waals surface area contributed by atoms with E-state index in [1.165, 1.54) is 0 Å². The van der Waals surface area contributed by atoms with E-state index in [1.54, 1.807) is 0 Å². The fourth-order valence-electron chi connectivity index (χ4n) is 1.65. The first-order valence-corrected chi connectivity index (χ1v) is 4.71.